The molecule has 2 nitrogen and oxygen atoms in total. The largest absolute Gasteiger partial charge is 0.305 e. The molecule has 0 spiro atoms. The molecule has 0 heterocycles. The SMILES string of the molecule is CC(=O)C(CC1CCCCC1)NC1CCCCC1. The Balaban J connectivity index is 1.80. The van der Waals surface area contributed by atoms with Crippen LogP contribution < -0.4 is 5.32 Å². The second-order valence-electron chi connectivity index (χ2n) is 6.40. The smallest absolute Gasteiger partial charge is 0.146 e. The van der Waals surface area contributed by atoms with Crippen molar-refractivity contribution in [2.24, 2.45) is 5.92 Å². The van der Waals surface area contributed by atoms with Gasteiger partial charge in [-0.05, 0) is 32.1 Å². The summed E-state index contributed by atoms with van der Waals surface area (Å²) in [6, 6.07) is 0.743. The molecule has 0 bridgehead atoms. The van der Waals surface area contributed by atoms with Gasteiger partial charge in [0.2, 0.25) is 0 Å². The van der Waals surface area contributed by atoms with Crippen molar-refractivity contribution in [3.63, 3.8) is 0 Å². The lowest BCUT2D eigenvalue weighted by molar-refractivity contribution is -0.119. The van der Waals surface area contributed by atoms with Crippen molar-refractivity contribution >= 4 is 5.78 Å². The average Bonchev–Trinajstić information content (AvgIpc) is 2.40. The van der Waals surface area contributed by atoms with Crippen molar-refractivity contribution in [1.29, 1.82) is 0 Å². The third-order valence-corrected chi connectivity index (χ3v) is 4.83. The van der Waals surface area contributed by atoms with E-state index in [1.807, 2.05) is 0 Å². The van der Waals surface area contributed by atoms with E-state index in [4.69, 9.17) is 0 Å². The van der Waals surface area contributed by atoms with Crippen molar-refractivity contribution < 1.29 is 4.79 Å². The summed E-state index contributed by atoms with van der Waals surface area (Å²) in [7, 11) is 0. The number of carbonyl (C=O) groups excluding carboxylic acids is 1. The first-order chi connectivity index (χ1) is 8.75. The molecule has 1 unspecified atom stereocenters. The second-order valence-corrected chi connectivity index (χ2v) is 6.40. The van der Waals surface area contributed by atoms with Gasteiger partial charge in [0, 0.05) is 6.04 Å². The minimum atomic E-state index is 0.135. The molecule has 2 heteroatoms. The standard InChI is InChI=1S/C16H29NO/c1-13(18)16(12-14-8-4-2-5-9-14)17-15-10-6-3-7-11-15/h14-17H,2-12H2,1H3. The van der Waals surface area contributed by atoms with Crippen molar-refractivity contribution in [2.75, 3.05) is 0 Å². The topological polar surface area (TPSA) is 29.1 Å². The van der Waals surface area contributed by atoms with Crippen LogP contribution in [0.25, 0.3) is 0 Å². The second kappa shape index (κ2) is 7.28. The Hall–Kier alpha value is -0.370. The van der Waals surface area contributed by atoms with Gasteiger partial charge >= 0.3 is 0 Å². The highest BCUT2D eigenvalue weighted by atomic mass is 16.1. The van der Waals surface area contributed by atoms with Crippen LogP contribution in [0.15, 0.2) is 0 Å². The molecule has 0 aromatic carbocycles. The lowest BCUT2D eigenvalue weighted by Crippen LogP contribution is -2.44. The number of nitrogens with one attached hydrogen (secondary N) is 1. The van der Waals surface area contributed by atoms with Gasteiger partial charge in [-0.15, -0.1) is 0 Å². The number of carbonyl (C=O) groups is 1. The highest BCUT2D eigenvalue weighted by Crippen LogP contribution is 2.28. The van der Waals surface area contributed by atoms with Gasteiger partial charge < -0.3 is 5.32 Å². The minimum Gasteiger partial charge on any atom is -0.305 e. The fourth-order valence-corrected chi connectivity index (χ4v) is 3.66. The highest BCUT2D eigenvalue weighted by molar-refractivity contribution is 5.81. The van der Waals surface area contributed by atoms with Gasteiger partial charge in [0.05, 0.1) is 6.04 Å². The van der Waals surface area contributed by atoms with Crippen molar-refractivity contribution in [2.45, 2.75) is 89.6 Å². The van der Waals surface area contributed by atoms with Gasteiger partial charge in [-0.3, -0.25) is 4.79 Å². The Bertz CT molecular complexity index is 232. The molecule has 2 aliphatic carbocycles. The van der Waals surface area contributed by atoms with E-state index in [9.17, 15) is 4.79 Å². The predicted octanol–water partition coefficient (Wildman–Crippen LogP) is 3.84. The van der Waals surface area contributed by atoms with E-state index in [1.54, 1.807) is 6.92 Å². The summed E-state index contributed by atoms with van der Waals surface area (Å²) in [5.41, 5.74) is 0. The molecule has 2 rings (SSSR count). The molecule has 104 valence electrons. The summed E-state index contributed by atoms with van der Waals surface area (Å²) in [6.07, 6.45) is 14.5. The maximum Gasteiger partial charge on any atom is 0.146 e. The van der Waals surface area contributed by atoms with Crippen LogP contribution in [0, 0.1) is 5.92 Å². The van der Waals surface area contributed by atoms with Crippen LogP contribution in [0.5, 0.6) is 0 Å². The van der Waals surface area contributed by atoms with Crippen LogP contribution >= 0.6 is 0 Å². The first-order valence-corrected chi connectivity index (χ1v) is 8.02. The molecule has 2 fully saturated rings. The third kappa shape index (κ3) is 4.38. The van der Waals surface area contributed by atoms with Crippen molar-refractivity contribution in [3.05, 3.63) is 0 Å². The van der Waals surface area contributed by atoms with E-state index in [-0.39, 0.29) is 6.04 Å². The van der Waals surface area contributed by atoms with Gasteiger partial charge in [0.25, 0.3) is 0 Å². The summed E-state index contributed by atoms with van der Waals surface area (Å²) in [4.78, 5) is 11.8. The zero-order valence-corrected chi connectivity index (χ0v) is 11.9. The van der Waals surface area contributed by atoms with Crippen LogP contribution in [0.2, 0.25) is 0 Å². The molecule has 0 amide bonds. The Morgan fingerprint density at radius 3 is 2.11 bits per heavy atom. The average molecular weight is 251 g/mol. The van der Waals surface area contributed by atoms with Crippen LogP contribution in [0.3, 0.4) is 0 Å². The summed E-state index contributed by atoms with van der Waals surface area (Å²) in [6.45, 7) is 1.77. The van der Waals surface area contributed by atoms with Gasteiger partial charge in [-0.1, -0.05) is 51.4 Å². The van der Waals surface area contributed by atoms with Crippen LogP contribution in [-0.2, 0) is 4.79 Å². The molecule has 2 saturated carbocycles. The van der Waals surface area contributed by atoms with E-state index >= 15 is 0 Å². The lowest BCUT2D eigenvalue weighted by Gasteiger charge is -2.30. The van der Waals surface area contributed by atoms with Crippen molar-refractivity contribution in [3.8, 4) is 0 Å². The Kier molecular flexibility index (Phi) is 5.68. The summed E-state index contributed by atoms with van der Waals surface area (Å²) >= 11 is 0. The van der Waals surface area contributed by atoms with Crippen LogP contribution in [0.1, 0.15) is 77.6 Å². The van der Waals surface area contributed by atoms with Crippen LogP contribution in [0.4, 0.5) is 0 Å². The summed E-state index contributed by atoms with van der Waals surface area (Å²) in [5.74, 6) is 1.15. The maximum atomic E-state index is 11.8. The molecule has 0 aromatic rings. The molecular weight excluding hydrogens is 222 g/mol. The van der Waals surface area contributed by atoms with Gasteiger partial charge in [-0.25, -0.2) is 0 Å². The van der Waals surface area contributed by atoms with E-state index < -0.39 is 0 Å². The monoisotopic (exact) mass is 251 g/mol. The number of ketones is 1. The first-order valence-electron chi connectivity index (χ1n) is 8.02. The maximum absolute atomic E-state index is 11.8. The lowest BCUT2D eigenvalue weighted by atomic mass is 9.83. The quantitative estimate of drug-likeness (QED) is 0.804. The van der Waals surface area contributed by atoms with E-state index in [1.165, 1.54) is 64.2 Å². The molecule has 1 atom stereocenters. The number of hydrogen-bond donors (Lipinski definition) is 1. The number of Topliss-reactive ketones (excluding diaryl/α,β-unsaturated/α-hetero) is 1. The highest BCUT2D eigenvalue weighted by Gasteiger charge is 2.24. The Morgan fingerprint density at radius 2 is 1.56 bits per heavy atom. The van der Waals surface area contributed by atoms with Gasteiger partial charge in [0.1, 0.15) is 5.78 Å². The third-order valence-electron chi connectivity index (χ3n) is 4.83. The molecule has 18 heavy (non-hydrogen) atoms. The molecule has 0 aromatic heterocycles. The Morgan fingerprint density at radius 1 is 1.00 bits per heavy atom. The van der Waals surface area contributed by atoms with Crippen LogP contribution in [-0.4, -0.2) is 17.9 Å². The molecule has 0 radical (unpaired) electrons. The van der Waals surface area contributed by atoms with E-state index in [0.717, 1.165) is 12.3 Å². The zero-order valence-electron chi connectivity index (χ0n) is 11.9. The number of hydrogen-bond acceptors (Lipinski definition) is 2. The molecule has 1 N–H and O–H groups in total. The molecule has 2 aliphatic rings. The summed E-state index contributed by atoms with van der Waals surface area (Å²) in [5, 5.41) is 3.65. The fraction of sp³-hybridized carbons (Fsp3) is 0.938. The first kappa shape index (κ1) is 14.0. The minimum absolute atomic E-state index is 0.135. The van der Waals surface area contributed by atoms with Gasteiger partial charge in [-0.2, -0.15) is 0 Å². The van der Waals surface area contributed by atoms with E-state index in [2.05, 4.69) is 5.32 Å². The predicted molar refractivity (Wildman–Crippen MR) is 75.7 cm³/mol. The normalized spacial score (nSPS) is 24.9. The Labute approximate surface area is 112 Å². The molecular formula is C16H29NO. The molecule has 0 saturated heterocycles. The fourth-order valence-electron chi connectivity index (χ4n) is 3.66. The van der Waals surface area contributed by atoms with Crippen molar-refractivity contribution in [1.82, 2.24) is 5.32 Å². The number of rotatable bonds is 5. The van der Waals surface area contributed by atoms with Gasteiger partial charge in [0.15, 0.2) is 0 Å². The zero-order chi connectivity index (χ0) is 12.8. The molecule has 0 aliphatic heterocycles. The summed E-state index contributed by atoms with van der Waals surface area (Å²) < 4.78 is 0. The van der Waals surface area contributed by atoms with E-state index in [0.29, 0.717) is 11.8 Å².